The van der Waals surface area contributed by atoms with Gasteiger partial charge < -0.3 is 10.2 Å². The summed E-state index contributed by atoms with van der Waals surface area (Å²) in [6, 6.07) is 0. The summed E-state index contributed by atoms with van der Waals surface area (Å²) < 4.78 is 0.101. The number of aliphatic hydroxyl groups is 2. The van der Waals surface area contributed by atoms with Crippen molar-refractivity contribution in [3.05, 3.63) is 11.8 Å². The molecule has 3 heteroatoms. The van der Waals surface area contributed by atoms with Gasteiger partial charge in [0.1, 0.15) is 5.76 Å². The Bertz CT molecular complexity index is 156. The Labute approximate surface area is 74.1 Å². The summed E-state index contributed by atoms with van der Waals surface area (Å²) >= 11 is 2.13. The van der Waals surface area contributed by atoms with E-state index < -0.39 is 0 Å². The number of alkyl halides is 1. The zero-order valence-corrected chi connectivity index (χ0v) is 7.95. The molecule has 0 heterocycles. The van der Waals surface area contributed by atoms with E-state index in [-0.39, 0.29) is 15.9 Å². The van der Waals surface area contributed by atoms with Crippen LogP contribution in [0.25, 0.3) is 0 Å². The molecule has 58 valence electrons. The van der Waals surface area contributed by atoms with E-state index in [1.165, 1.54) is 0 Å². The van der Waals surface area contributed by atoms with Gasteiger partial charge in [0, 0.05) is 5.92 Å². The van der Waals surface area contributed by atoms with Crippen LogP contribution in [-0.2, 0) is 0 Å². The molecule has 0 aliphatic heterocycles. The van der Waals surface area contributed by atoms with Crippen molar-refractivity contribution in [2.24, 2.45) is 5.92 Å². The van der Waals surface area contributed by atoms with Crippen LogP contribution in [0.5, 0.6) is 0 Å². The molecule has 0 aromatic rings. The van der Waals surface area contributed by atoms with E-state index in [1.807, 2.05) is 6.92 Å². The molecule has 2 nitrogen and oxygen atoms in total. The predicted octanol–water partition coefficient (Wildman–Crippen LogP) is 1.63. The van der Waals surface area contributed by atoms with Crippen LogP contribution in [-0.4, -0.2) is 20.2 Å². The quantitative estimate of drug-likeness (QED) is 0.509. The maximum absolute atomic E-state index is 9.31. The highest BCUT2D eigenvalue weighted by Crippen LogP contribution is 2.27. The highest BCUT2D eigenvalue weighted by atomic mass is 127. The average Bonchev–Trinajstić information content (AvgIpc) is 1.84. The van der Waals surface area contributed by atoms with E-state index in [4.69, 9.17) is 0 Å². The Morgan fingerprint density at radius 1 is 1.70 bits per heavy atom. The fraction of sp³-hybridized carbons (Fsp3) is 0.714. The molecule has 0 fully saturated rings. The first kappa shape index (κ1) is 8.33. The van der Waals surface area contributed by atoms with E-state index >= 15 is 0 Å². The van der Waals surface area contributed by atoms with E-state index in [1.54, 1.807) is 6.08 Å². The van der Waals surface area contributed by atoms with E-state index in [0.29, 0.717) is 12.2 Å². The molecule has 0 saturated carbocycles. The van der Waals surface area contributed by atoms with Crippen molar-refractivity contribution in [3.63, 3.8) is 0 Å². The van der Waals surface area contributed by atoms with Crippen LogP contribution in [0.2, 0.25) is 0 Å². The minimum atomic E-state index is -0.280. The van der Waals surface area contributed by atoms with Crippen LogP contribution in [0.3, 0.4) is 0 Å². The Morgan fingerprint density at radius 2 is 2.30 bits per heavy atom. The van der Waals surface area contributed by atoms with Gasteiger partial charge >= 0.3 is 0 Å². The van der Waals surface area contributed by atoms with Gasteiger partial charge in [-0.15, -0.1) is 0 Å². The summed E-state index contributed by atoms with van der Waals surface area (Å²) in [7, 11) is 0. The van der Waals surface area contributed by atoms with Crippen molar-refractivity contribution in [1.29, 1.82) is 0 Å². The lowest BCUT2D eigenvalue weighted by Gasteiger charge is -2.24. The number of rotatable bonds is 0. The predicted molar refractivity (Wildman–Crippen MR) is 48.3 cm³/mol. The van der Waals surface area contributed by atoms with Gasteiger partial charge in [0.25, 0.3) is 0 Å². The number of allylic oxidation sites excluding steroid dienone is 1. The Kier molecular flexibility index (Phi) is 2.57. The van der Waals surface area contributed by atoms with Crippen molar-refractivity contribution in [2.75, 3.05) is 0 Å². The summed E-state index contributed by atoms with van der Waals surface area (Å²) in [6.07, 6.45) is 2.12. The molecule has 0 bridgehead atoms. The molecular formula is C7H11IO2. The van der Waals surface area contributed by atoms with Gasteiger partial charge in [-0.25, -0.2) is 0 Å². The first-order chi connectivity index (χ1) is 4.61. The first-order valence-corrected chi connectivity index (χ1v) is 4.58. The molecule has 0 spiro atoms. The van der Waals surface area contributed by atoms with Crippen molar-refractivity contribution in [3.8, 4) is 0 Å². The molecule has 0 aromatic carbocycles. The first-order valence-electron chi connectivity index (χ1n) is 3.34. The number of hydrogen-bond donors (Lipinski definition) is 2. The van der Waals surface area contributed by atoms with Gasteiger partial charge in [0.05, 0.1) is 10.0 Å². The lowest BCUT2D eigenvalue weighted by Crippen LogP contribution is -2.26. The highest BCUT2D eigenvalue weighted by Gasteiger charge is 2.24. The fourth-order valence-electron chi connectivity index (χ4n) is 1.03. The number of aliphatic hydroxyl groups excluding tert-OH is 2. The van der Waals surface area contributed by atoms with Crippen LogP contribution >= 0.6 is 22.6 Å². The average molecular weight is 254 g/mol. The monoisotopic (exact) mass is 254 g/mol. The third-order valence-electron chi connectivity index (χ3n) is 1.81. The second kappa shape index (κ2) is 3.09. The molecule has 0 aromatic heterocycles. The van der Waals surface area contributed by atoms with Crippen molar-refractivity contribution in [1.82, 2.24) is 0 Å². The molecular weight excluding hydrogens is 243 g/mol. The lowest BCUT2D eigenvalue weighted by atomic mass is 9.93. The van der Waals surface area contributed by atoms with Gasteiger partial charge in [-0.05, 0) is 12.5 Å². The summed E-state index contributed by atoms with van der Waals surface area (Å²) in [5, 5.41) is 18.5. The molecule has 1 rings (SSSR count). The molecule has 0 radical (unpaired) electrons. The van der Waals surface area contributed by atoms with E-state index in [2.05, 4.69) is 22.6 Å². The molecule has 3 unspecified atom stereocenters. The topological polar surface area (TPSA) is 40.5 Å². The van der Waals surface area contributed by atoms with E-state index in [9.17, 15) is 10.2 Å². The van der Waals surface area contributed by atoms with Crippen molar-refractivity contribution in [2.45, 2.75) is 23.4 Å². The van der Waals surface area contributed by atoms with Gasteiger partial charge in [-0.3, -0.25) is 0 Å². The molecule has 10 heavy (non-hydrogen) atoms. The largest absolute Gasteiger partial charge is 0.512 e. The molecule has 2 N–H and O–H groups in total. The Balaban J connectivity index is 2.69. The minimum Gasteiger partial charge on any atom is -0.512 e. The fourth-order valence-corrected chi connectivity index (χ4v) is 1.76. The molecule has 0 saturated heterocycles. The zero-order valence-electron chi connectivity index (χ0n) is 5.79. The van der Waals surface area contributed by atoms with Gasteiger partial charge in [0.15, 0.2) is 0 Å². The van der Waals surface area contributed by atoms with Gasteiger partial charge in [0.2, 0.25) is 0 Å². The summed E-state index contributed by atoms with van der Waals surface area (Å²) in [4.78, 5) is 0. The van der Waals surface area contributed by atoms with Crippen LogP contribution < -0.4 is 0 Å². The van der Waals surface area contributed by atoms with Gasteiger partial charge in [-0.1, -0.05) is 29.5 Å². The third-order valence-corrected chi connectivity index (χ3v) is 2.96. The molecule has 1 aliphatic carbocycles. The standard InChI is InChI=1S/C7H11IO2/c1-4-2-7(10)5(8)3-6(4)9/h2,4-6,9-10H,3H2,1H3. The molecule has 1 aliphatic rings. The Morgan fingerprint density at radius 3 is 2.80 bits per heavy atom. The summed E-state index contributed by atoms with van der Waals surface area (Å²) in [6.45, 7) is 1.91. The second-order valence-corrected chi connectivity index (χ2v) is 4.22. The third kappa shape index (κ3) is 1.63. The maximum atomic E-state index is 9.31. The van der Waals surface area contributed by atoms with Crippen LogP contribution in [0.4, 0.5) is 0 Å². The highest BCUT2D eigenvalue weighted by molar-refractivity contribution is 14.1. The van der Waals surface area contributed by atoms with Crippen LogP contribution in [0.1, 0.15) is 13.3 Å². The number of hydrogen-bond acceptors (Lipinski definition) is 2. The smallest absolute Gasteiger partial charge is 0.102 e. The number of halogens is 1. The van der Waals surface area contributed by atoms with Crippen molar-refractivity contribution < 1.29 is 10.2 Å². The molecule has 0 amide bonds. The van der Waals surface area contributed by atoms with Crippen LogP contribution in [0, 0.1) is 5.92 Å². The van der Waals surface area contributed by atoms with Crippen LogP contribution in [0.15, 0.2) is 11.8 Å². The Hall–Kier alpha value is 0.230. The van der Waals surface area contributed by atoms with E-state index in [0.717, 1.165) is 0 Å². The normalized spacial score (nSPS) is 41.1. The van der Waals surface area contributed by atoms with Crippen molar-refractivity contribution >= 4 is 22.6 Å². The minimum absolute atomic E-state index is 0.101. The second-order valence-electron chi connectivity index (χ2n) is 2.72. The lowest BCUT2D eigenvalue weighted by molar-refractivity contribution is 0.116. The van der Waals surface area contributed by atoms with Gasteiger partial charge in [-0.2, -0.15) is 0 Å². The summed E-state index contributed by atoms with van der Waals surface area (Å²) in [5.41, 5.74) is 0. The SMILES string of the molecule is CC1C=C(O)C(I)CC1O. The molecule has 3 atom stereocenters. The maximum Gasteiger partial charge on any atom is 0.102 e. The zero-order chi connectivity index (χ0) is 7.72. The summed E-state index contributed by atoms with van der Waals surface area (Å²) in [5.74, 6) is 0.518.